The van der Waals surface area contributed by atoms with Crippen LogP contribution in [0.4, 0.5) is 0 Å². The predicted octanol–water partition coefficient (Wildman–Crippen LogP) is 4.79. The normalized spacial score (nSPS) is 11.7. The Morgan fingerprint density at radius 3 is 2.43 bits per heavy atom. The maximum atomic E-state index is 12.4. The number of aryl methyl sites for hydroxylation is 1. The minimum absolute atomic E-state index is 0.0170. The van der Waals surface area contributed by atoms with Gasteiger partial charge in [0.15, 0.2) is 6.61 Å². The summed E-state index contributed by atoms with van der Waals surface area (Å²) in [6, 6.07) is 18.1. The van der Waals surface area contributed by atoms with E-state index in [1.807, 2.05) is 75.4 Å². The van der Waals surface area contributed by atoms with Crippen molar-refractivity contribution in [1.82, 2.24) is 10.3 Å². The topological polar surface area (TPSA) is 68.3 Å². The third-order valence-electron chi connectivity index (χ3n) is 4.73. The van der Waals surface area contributed by atoms with Gasteiger partial charge in [0.1, 0.15) is 5.01 Å². The molecule has 6 heteroatoms. The molecule has 1 N–H and O–H groups in total. The molecule has 5 nitrogen and oxygen atoms in total. The van der Waals surface area contributed by atoms with Gasteiger partial charge in [-0.05, 0) is 25.8 Å². The van der Waals surface area contributed by atoms with E-state index in [0.717, 1.165) is 27.4 Å². The quantitative estimate of drug-likeness (QED) is 0.530. The van der Waals surface area contributed by atoms with Crippen molar-refractivity contribution >= 4 is 23.2 Å². The van der Waals surface area contributed by atoms with Crippen LogP contribution in [0.2, 0.25) is 0 Å². The molecule has 0 aliphatic heterocycles. The minimum Gasteiger partial charge on any atom is -0.455 e. The van der Waals surface area contributed by atoms with E-state index in [1.165, 1.54) is 5.56 Å². The lowest BCUT2D eigenvalue weighted by Gasteiger charge is -2.11. The van der Waals surface area contributed by atoms with E-state index in [9.17, 15) is 9.59 Å². The average Bonchev–Trinajstić information content (AvgIpc) is 3.17. The fraction of sp³-hybridized carbons (Fsp3) is 0.292. The van der Waals surface area contributed by atoms with Crippen molar-refractivity contribution in [3.63, 3.8) is 0 Å². The highest BCUT2D eigenvalue weighted by atomic mass is 32.1. The number of hydrogen-bond acceptors (Lipinski definition) is 5. The van der Waals surface area contributed by atoms with Gasteiger partial charge in [-0.1, -0.05) is 67.1 Å². The van der Waals surface area contributed by atoms with Crippen LogP contribution >= 0.6 is 11.3 Å². The summed E-state index contributed by atoms with van der Waals surface area (Å²) >= 11 is 1.55. The summed E-state index contributed by atoms with van der Waals surface area (Å²) in [6.45, 7) is 5.65. The van der Waals surface area contributed by atoms with Crippen LogP contribution in [0.1, 0.15) is 31.5 Å². The van der Waals surface area contributed by atoms with Crippen molar-refractivity contribution in [2.24, 2.45) is 0 Å². The van der Waals surface area contributed by atoms with E-state index in [1.54, 1.807) is 11.3 Å². The van der Waals surface area contributed by atoms with Crippen LogP contribution in [0, 0.1) is 6.92 Å². The first-order valence-corrected chi connectivity index (χ1v) is 10.8. The van der Waals surface area contributed by atoms with Crippen LogP contribution in [0.3, 0.4) is 0 Å². The highest BCUT2D eigenvalue weighted by molar-refractivity contribution is 7.18. The zero-order valence-corrected chi connectivity index (χ0v) is 18.3. The Morgan fingerprint density at radius 2 is 1.77 bits per heavy atom. The Labute approximate surface area is 181 Å². The van der Waals surface area contributed by atoms with Crippen LogP contribution in [0.5, 0.6) is 0 Å². The molecule has 1 aromatic heterocycles. The number of esters is 1. The van der Waals surface area contributed by atoms with Crippen molar-refractivity contribution in [2.75, 3.05) is 6.61 Å². The van der Waals surface area contributed by atoms with Gasteiger partial charge in [0.25, 0.3) is 5.91 Å². The Morgan fingerprint density at radius 1 is 1.07 bits per heavy atom. The van der Waals surface area contributed by atoms with E-state index in [4.69, 9.17) is 9.72 Å². The van der Waals surface area contributed by atoms with Crippen LogP contribution < -0.4 is 5.32 Å². The van der Waals surface area contributed by atoms with Gasteiger partial charge in [-0.2, -0.15) is 0 Å². The van der Waals surface area contributed by atoms with Crippen LogP contribution in [0.15, 0.2) is 54.6 Å². The first-order valence-electron chi connectivity index (χ1n) is 10.0. The Hall–Kier alpha value is -2.99. The van der Waals surface area contributed by atoms with Crippen LogP contribution in [0.25, 0.3) is 21.0 Å². The molecule has 1 atom stereocenters. The Balaban J connectivity index is 1.78. The summed E-state index contributed by atoms with van der Waals surface area (Å²) in [7, 11) is 0. The molecule has 156 valence electrons. The van der Waals surface area contributed by atoms with Crippen LogP contribution in [-0.2, 0) is 20.7 Å². The fourth-order valence-corrected chi connectivity index (χ4v) is 3.95. The molecule has 1 amide bonds. The third kappa shape index (κ3) is 5.76. The first-order chi connectivity index (χ1) is 14.5. The van der Waals surface area contributed by atoms with Gasteiger partial charge >= 0.3 is 5.97 Å². The number of hydrogen-bond donors (Lipinski definition) is 1. The summed E-state index contributed by atoms with van der Waals surface area (Å²) in [6.07, 6.45) is 0.837. The summed E-state index contributed by atoms with van der Waals surface area (Å²) in [4.78, 5) is 30.0. The van der Waals surface area contributed by atoms with Crippen molar-refractivity contribution in [2.45, 2.75) is 39.7 Å². The number of benzene rings is 2. The van der Waals surface area contributed by atoms with Gasteiger partial charge in [-0.3, -0.25) is 9.59 Å². The number of aromatic nitrogens is 1. The maximum Gasteiger partial charge on any atom is 0.312 e. The summed E-state index contributed by atoms with van der Waals surface area (Å²) < 4.78 is 5.19. The number of nitrogens with one attached hydrogen (secondary N) is 1. The second-order valence-electron chi connectivity index (χ2n) is 7.24. The monoisotopic (exact) mass is 422 g/mol. The molecule has 30 heavy (non-hydrogen) atoms. The van der Waals surface area contributed by atoms with Gasteiger partial charge in [0.2, 0.25) is 0 Å². The van der Waals surface area contributed by atoms with E-state index in [0.29, 0.717) is 5.69 Å². The van der Waals surface area contributed by atoms with Gasteiger partial charge in [-0.15, -0.1) is 11.3 Å². The largest absolute Gasteiger partial charge is 0.455 e. The maximum absolute atomic E-state index is 12.4. The summed E-state index contributed by atoms with van der Waals surface area (Å²) in [5.41, 5.74) is 3.84. The number of nitrogens with zero attached hydrogens (tertiary/aromatic N) is 1. The number of rotatable bonds is 8. The molecule has 0 fully saturated rings. The lowest BCUT2D eigenvalue weighted by Crippen LogP contribution is -2.35. The Kier molecular flexibility index (Phi) is 7.36. The molecular weight excluding hydrogens is 396 g/mol. The lowest BCUT2D eigenvalue weighted by molar-refractivity contribution is -0.148. The molecule has 0 unspecified atom stereocenters. The van der Waals surface area contributed by atoms with E-state index in [-0.39, 0.29) is 25.0 Å². The van der Waals surface area contributed by atoms with E-state index in [2.05, 4.69) is 5.32 Å². The number of thiazole rings is 1. The molecule has 0 spiro atoms. The molecule has 0 aliphatic carbocycles. The van der Waals surface area contributed by atoms with Crippen molar-refractivity contribution < 1.29 is 14.3 Å². The number of carbonyl (C=O) groups excluding carboxylic acids is 2. The molecule has 1 heterocycles. The van der Waals surface area contributed by atoms with Crippen molar-refractivity contribution in [3.8, 4) is 21.0 Å². The molecule has 2 aromatic carbocycles. The van der Waals surface area contributed by atoms with Crippen LogP contribution in [-0.4, -0.2) is 29.5 Å². The molecule has 0 bridgehead atoms. The molecule has 3 rings (SSSR count). The van der Waals surface area contributed by atoms with Crippen molar-refractivity contribution in [1.29, 1.82) is 0 Å². The Bertz CT molecular complexity index is 997. The smallest absolute Gasteiger partial charge is 0.312 e. The molecule has 0 aliphatic rings. The fourth-order valence-electron chi connectivity index (χ4n) is 2.86. The zero-order chi connectivity index (χ0) is 21.5. The predicted molar refractivity (Wildman–Crippen MR) is 120 cm³/mol. The molecule has 0 radical (unpaired) electrons. The van der Waals surface area contributed by atoms with E-state index < -0.39 is 5.97 Å². The SMILES string of the molecule is CC[C@H](C)NC(=O)COC(=O)Cc1nc(-c2ccccc2)sc1-c1ccc(C)cc1. The summed E-state index contributed by atoms with van der Waals surface area (Å²) in [5.74, 6) is -0.757. The number of amides is 1. The minimum atomic E-state index is -0.465. The van der Waals surface area contributed by atoms with Crippen molar-refractivity contribution in [3.05, 3.63) is 65.9 Å². The highest BCUT2D eigenvalue weighted by Crippen LogP contribution is 2.36. The zero-order valence-electron chi connectivity index (χ0n) is 17.5. The average molecular weight is 423 g/mol. The first kappa shape index (κ1) is 21.7. The second-order valence-corrected chi connectivity index (χ2v) is 8.24. The van der Waals surface area contributed by atoms with Gasteiger partial charge in [0.05, 0.1) is 17.0 Å². The van der Waals surface area contributed by atoms with Gasteiger partial charge in [-0.25, -0.2) is 4.98 Å². The second kappa shape index (κ2) is 10.2. The standard InChI is InChI=1S/C24H26N2O3S/c1-4-17(3)25-21(27)15-29-22(28)14-20-23(18-12-10-16(2)11-13-18)30-24(26-20)19-8-6-5-7-9-19/h5-13,17H,4,14-15H2,1-3H3,(H,25,27)/t17-/m0/s1. The third-order valence-corrected chi connectivity index (χ3v) is 5.92. The number of carbonyl (C=O) groups is 2. The highest BCUT2D eigenvalue weighted by Gasteiger charge is 2.19. The molecular formula is C24H26N2O3S. The molecule has 3 aromatic rings. The molecule has 0 saturated carbocycles. The molecule has 0 saturated heterocycles. The van der Waals surface area contributed by atoms with E-state index >= 15 is 0 Å². The van der Waals surface area contributed by atoms with Gasteiger partial charge in [0, 0.05) is 11.6 Å². The summed E-state index contributed by atoms with van der Waals surface area (Å²) in [5, 5.41) is 3.64. The lowest BCUT2D eigenvalue weighted by atomic mass is 10.1. The van der Waals surface area contributed by atoms with Gasteiger partial charge < -0.3 is 10.1 Å². The number of ether oxygens (including phenoxy) is 1.